The second-order valence-electron chi connectivity index (χ2n) is 5.91. The van der Waals surface area contributed by atoms with Gasteiger partial charge in [0.15, 0.2) is 23.2 Å². The maximum atomic E-state index is 11.2. The van der Waals surface area contributed by atoms with Crippen molar-refractivity contribution >= 4 is 28.9 Å². The van der Waals surface area contributed by atoms with Crippen LogP contribution in [0.3, 0.4) is 0 Å². The average Bonchev–Trinajstić information content (AvgIpc) is 3.16. The number of hydrogen-bond acceptors (Lipinski definition) is 10. The van der Waals surface area contributed by atoms with Gasteiger partial charge in [-0.3, -0.25) is 9.36 Å². The molecule has 13 heteroatoms. The molecule has 0 bridgehead atoms. The average molecular weight is 383 g/mol. The molecule has 1 fully saturated rings. The van der Waals surface area contributed by atoms with E-state index in [0.717, 1.165) is 6.33 Å². The van der Waals surface area contributed by atoms with Crippen LogP contribution >= 0.6 is 0 Å². The Balaban J connectivity index is 1.93. The lowest BCUT2D eigenvalue weighted by Crippen LogP contribution is -2.33. The van der Waals surface area contributed by atoms with E-state index in [2.05, 4.69) is 20.3 Å². The van der Waals surface area contributed by atoms with E-state index in [4.69, 9.17) is 14.9 Å². The number of ether oxygens (including phenoxy) is 1. The Kier molecular flexibility index (Phi) is 5.18. The number of aliphatic carboxylic acids is 2. The van der Waals surface area contributed by atoms with E-state index in [1.54, 1.807) is 0 Å². The van der Waals surface area contributed by atoms with Crippen molar-refractivity contribution in [3.05, 3.63) is 12.7 Å². The molecule has 1 aliphatic rings. The standard InChI is InChI=1S/C14H17N5O8/c20-2-6-9(23)10(24)13(27-6)19-4-17-8-11(15-3-16-12(8)19)18-5(14(25)26)1-7(21)22/h3-6,9-10,13,20,23-24H,1-2H2,(H,21,22)(H,25,26)(H,15,16,18)/t5?,6-,9-,10-,13+/m1/s1. The number of aromatic nitrogens is 4. The lowest BCUT2D eigenvalue weighted by atomic mass is 10.1. The molecule has 0 spiro atoms. The van der Waals surface area contributed by atoms with E-state index in [0.29, 0.717) is 0 Å². The number of anilines is 1. The predicted octanol–water partition coefficient (Wildman–Crippen LogP) is -2.22. The Bertz CT molecular complexity index is 857. The molecule has 1 unspecified atom stereocenters. The number of carboxylic acids is 2. The fourth-order valence-electron chi connectivity index (χ4n) is 2.79. The summed E-state index contributed by atoms with van der Waals surface area (Å²) in [5, 5.41) is 49.7. The van der Waals surface area contributed by atoms with Gasteiger partial charge < -0.3 is 35.6 Å². The first-order chi connectivity index (χ1) is 12.8. The second kappa shape index (κ2) is 7.40. The molecule has 146 valence electrons. The smallest absolute Gasteiger partial charge is 0.326 e. The van der Waals surface area contributed by atoms with Crippen molar-refractivity contribution in [3.8, 4) is 0 Å². The van der Waals surface area contributed by atoms with Crippen molar-refractivity contribution in [2.24, 2.45) is 0 Å². The number of rotatable bonds is 7. The molecule has 1 saturated heterocycles. The Hall–Kier alpha value is -2.87. The Morgan fingerprint density at radius 2 is 1.96 bits per heavy atom. The van der Waals surface area contributed by atoms with Crippen LogP contribution in [0.4, 0.5) is 5.82 Å². The number of nitrogens with zero attached hydrogens (tertiary/aromatic N) is 4. The number of aliphatic hydroxyl groups excluding tert-OH is 3. The van der Waals surface area contributed by atoms with E-state index < -0.39 is 55.5 Å². The zero-order valence-electron chi connectivity index (χ0n) is 13.7. The van der Waals surface area contributed by atoms with Gasteiger partial charge in [0.05, 0.1) is 19.4 Å². The van der Waals surface area contributed by atoms with E-state index in [-0.39, 0.29) is 17.0 Å². The molecule has 0 aliphatic carbocycles. The van der Waals surface area contributed by atoms with Crippen LogP contribution < -0.4 is 5.32 Å². The largest absolute Gasteiger partial charge is 0.481 e. The minimum Gasteiger partial charge on any atom is -0.481 e. The SMILES string of the molecule is O=C(O)CC(Nc1ncnc2c1ncn2[C@H]1O[C@H](CO)[C@@H](O)[C@H]1O)C(=O)O. The highest BCUT2D eigenvalue weighted by atomic mass is 16.6. The fraction of sp³-hybridized carbons (Fsp3) is 0.500. The molecule has 5 atom stereocenters. The highest BCUT2D eigenvalue weighted by molar-refractivity contribution is 5.88. The van der Waals surface area contributed by atoms with Crippen molar-refractivity contribution in [2.75, 3.05) is 11.9 Å². The van der Waals surface area contributed by atoms with Crippen LogP contribution in [-0.2, 0) is 14.3 Å². The van der Waals surface area contributed by atoms with Gasteiger partial charge in [0, 0.05) is 0 Å². The second-order valence-corrected chi connectivity index (χ2v) is 5.91. The first kappa shape index (κ1) is 18.9. The number of carbonyl (C=O) groups is 2. The van der Waals surface area contributed by atoms with Gasteiger partial charge in [-0.1, -0.05) is 0 Å². The van der Waals surface area contributed by atoms with Gasteiger partial charge in [0.2, 0.25) is 0 Å². The van der Waals surface area contributed by atoms with Gasteiger partial charge in [0.25, 0.3) is 0 Å². The molecule has 3 heterocycles. The molecule has 2 aromatic rings. The van der Waals surface area contributed by atoms with Gasteiger partial charge in [-0.05, 0) is 0 Å². The molecule has 0 radical (unpaired) electrons. The molecule has 0 aromatic carbocycles. The van der Waals surface area contributed by atoms with Gasteiger partial charge in [-0.15, -0.1) is 0 Å². The summed E-state index contributed by atoms with van der Waals surface area (Å²) in [6, 6.07) is -1.44. The van der Waals surface area contributed by atoms with Crippen molar-refractivity contribution in [1.82, 2.24) is 19.5 Å². The molecule has 0 amide bonds. The number of nitrogens with one attached hydrogen (secondary N) is 1. The van der Waals surface area contributed by atoms with Crippen molar-refractivity contribution in [2.45, 2.75) is 37.0 Å². The van der Waals surface area contributed by atoms with Crippen molar-refractivity contribution in [1.29, 1.82) is 0 Å². The van der Waals surface area contributed by atoms with E-state index >= 15 is 0 Å². The molecular formula is C14H17N5O8. The highest BCUT2D eigenvalue weighted by Crippen LogP contribution is 2.32. The highest BCUT2D eigenvalue weighted by Gasteiger charge is 2.44. The summed E-state index contributed by atoms with van der Waals surface area (Å²) in [5.41, 5.74) is 0.272. The third kappa shape index (κ3) is 3.52. The molecule has 13 nitrogen and oxygen atoms in total. The molecular weight excluding hydrogens is 366 g/mol. The lowest BCUT2D eigenvalue weighted by Gasteiger charge is -2.17. The Labute approximate surface area is 150 Å². The summed E-state index contributed by atoms with van der Waals surface area (Å²) in [7, 11) is 0. The summed E-state index contributed by atoms with van der Waals surface area (Å²) < 4.78 is 6.72. The van der Waals surface area contributed by atoms with Crippen LogP contribution in [0.2, 0.25) is 0 Å². The number of fused-ring (bicyclic) bond motifs is 1. The quantitative estimate of drug-likeness (QED) is 0.301. The van der Waals surface area contributed by atoms with Crippen LogP contribution in [0.25, 0.3) is 11.2 Å². The zero-order chi connectivity index (χ0) is 19.7. The zero-order valence-corrected chi connectivity index (χ0v) is 13.7. The van der Waals surface area contributed by atoms with Gasteiger partial charge >= 0.3 is 11.9 Å². The third-order valence-electron chi connectivity index (χ3n) is 4.14. The number of imidazole rings is 1. The van der Waals surface area contributed by atoms with Crippen LogP contribution in [0, 0.1) is 0 Å². The van der Waals surface area contributed by atoms with Crippen LogP contribution in [-0.4, -0.2) is 88.0 Å². The molecule has 6 N–H and O–H groups in total. The summed E-state index contributed by atoms with van der Waals surface area (Å²) in [6.45, 7) is -0.501. The summed E-state index contributed by atoms with van der Waals surface area (Å²) in [6.07, 6.45) is -3.08. The third-order valence-corrected chi connectivity index (χ3v) is 4.14. The van der Waals surface area contributed by atoms with Gasteiger partial charge in [0.1, 0.15) is 30.7 Å². The van der Waals surface area contributed by atoms with Crippen molar-refractivity contribution in [3.63, 3.8) is 0 Å². The summed E-state index contributed by atoms with van der Waals surface area (Å²) >= 11 is 0. The minimum absolute atomic E-state index is 0.0147. The molecule has 27 heavy (non-hydrogen) atoms. The molecule has 0 saturated carbocycles. The number of hydrogen-bond donors (Lipinski definition) is 6. The lowest BCUT2D eigenvalue weighted by molar-refractivity contribution is -0.144. The minimum atomic E-state index is -1.44. The number of carboxylic acid groups (broad SMARTS) is 2. The molecule has 2 aromatic heterocycles. The van der Waals surface area contributed by atoms with Crippen LogP contribution in [0.1, 0.15) is 12.6 Å². The summed E-state index contributed by atoms with van der Waals surface area (Å²) in [5.74, 6) is -2.71. The monoisotopic (exact) mass is 383 g/mol. The maximum absolute atomic E-state index is 11.2. The van der Waals surface area contributed by atoms with Crippen LogP contribution in [0.5, 0.6) is 0 Å². The molecule has 3 rings (SSSR count). The Morgan fingerprint density at radius 3 is 2.56 bits per heavy atom. The topological polar surface area (TPSA) is 200 Å². The first-order valence-corrected chi connectivity index (χ1v) is 7.84. The van der Waals surface area contributed by atoms with Gasteiger partial charge in [-0.25, -0.2) is 19.7 Å². The Morgan fingerprint density at radius 1 is 1.22 bits per heavy atom. The van der Waals surface area contributed by atoms with E-state index in [9.17, 15) is 24.9 Å². The van der Waals surface area contributed by atoms with Crippen LogP contribution in [0.15, 0.2) is 12.7 Å². The van der Waals surface area contributed by atoms with E-state index in [1.807, 2.05) is 0 Å². The fourth-order valence-corrected chi connectivity index (χ4v) is 2.79. The summed E-state index contributed by atoms with van der Waals surface area (Å²) in [4.78, 5) is 34.0. The molecule has 1 aliphatic heterocycles. The van der Waals surface area contributed by atoms with Gasteiger partial charge in [-0.2, -0.15) is 0 Å². The number of aliphatic hydroxyl groups is 3. The maximum Gasteiger partial charge on any atom is 0.326 e. The predicted molar refractivity (Wildman–Crippen MR) is 85.6 cm³/mol. The first-order valence-electron chi connectivity index (χ1n) is 7.84. The van der Waals surface area contributed by atoms with E-state index in [1.165, 1.54) is 10.9 Å². The van der Waals surface area contributed by atoms with Crippen molar-refractivity contribution < 1.29 is 39.9 Å². The normalized spacial score (nSPS) is 26.2.